The average molecular weight is 317 g/mol. The Kier molecular flexibility index (Phi) is 5.02. The van der Waals surface area contributed by atoms with Crippen LogP contribution in [-0.4, -0.2) is 43.5 Å². The van der Waals surface area contributed by atoms with E-state index in [-0.39, 0.29) is 5.91 Å². The molecule has 0 saturated carbocycles. The first-order chi connectivity index (χ1) is 11.3. The lowest BCUT2D eigenvalue weighted by molar-refractivity contribution is 0.0945. The predicted octanol–water partition coefficient (Wildman–Crippen LogP) is 0.424. The third-order valence-corrected chi connectivity index (χ3v) is 4.18. The maximum Gasteiger partial charge on any atom is 0.273 e. The molecular formula is C15H23N7O. The molecule has 0 spiro atoms. The highest BCUT2D eigenvalue weighted by atomic mass is 16.2. The maximum atomic E-state index is 12.2. The molecule has 1 fully saturated rings. The molecule has 2 aromatic heterocycles. The van der Waals surface area contributed by atoms with E-state index in [1.807, 2.05) is 11.5 Å². The molecule has 1 amide bonds. The topological polar surface area (TPSA) is 89.7 Å². The van der Waals surface area contributed by atoms with Crippen molar-refractivity contribution in [1.29, 1.82) is 0 Å². The second-order valence-electron chi connectivity index (χ2n) is 5.89. The van der Waals surface area contributed by atoms with Crippen molar-refractivity contribution >= 4 is 5.91 Å². The summed E-state index contributed by atoms with van der Waals surface area (Å²) in [6.45, 7) is 6.20. The summed E-state index contributed by atoms with van der Waals surface area (Å²) in [4.78, 5) is 16.3. The molecule has 1 saturated heterocycles. The first kappa shape index (κ1) is 15.7. The van der Waals surface area contributed by atoms with Crippen molar-refractivity contribution in [1.82, 2.24) is 35.2 Å². The number of hydrogen-bond acceptors (Lipinski definition) is 5. The second-order valence-corrected chi connectivity index (χ2v) is 5.89. The van der Waals surface area contributed by atoms with Crippen LogP contribution in [-0.2, 0) is 19.6 Å². The van der Waals surface area contributed by atoms with Crippen molar-refractivity contribution in [2.24, 2.45) is 5.92 Å². The van der Waals surface area contributed by atoms with Gasteiger partial charge < -0.3 is 15.2 Å². The molecule has 0 aliphatic carbocycles. The molecule has 1 unspecified atom stereocenters. The van der Waals surface area contributed by atoms with E-state index in [2.05, 4.69) is 25.9 Å². The van der Waals surface area contributed by atoms with Gasteiger partial charge in [0, 0.05) is 19.3 Å². The lowest BCUT2D eigenvalue weighted by atomic mass is 10.00. The summed E-state index contributed by atoms with van der Waals surface area (Å²) in [5.74, 6) is 0.349. The largest absolute Gasteiger partial charge is 0.345 e. The molecule has 23 heavy (non-hydrogen) atoms. The number of amides is 1. The van der Waals surface area contributed by atoms with Gasteiger partial charge in [-0.2, -0.15) is 0 Å². The molecule has 8 heteroatoms. The number of aryl methyl sites for hydroxylation is 1. The minimum absolute atomic E-state index is 0.207. The zero-order chi connectivity index (χ0) is 16.1. The Morgan fingerprint density at radius 1 is 1.52 bits per heavy atom. The minimum Gasteiger partial charge on any atom is -0.345 e. The number of piperidine rings is 1. The highest BCUT2D eigenvalue weighted by Gasteiger charge is 2.16. The number of carbonyl (C=O) groups is 1. The molecule has 0 radical (unpaired) electrons. The summed E-state index contributed by atoms with van der Waals surface area (Å²) in [6, 6.07) is 0. The molecule has 3 heterocycles. The summed E-state index contributed by atoms with van der Waals surface area (Å²) in [5, 5.41) is 14.3. The third-order valence-electron chi connectivity index (χ3n) is 4.18. The molecular weight excluding hydrogens is 294 g/mol. The average Bonchev–Trinajstić information content (AvgIpc) is 3.22. The summed E-state index contributed by atoms with van der Waals surface area (Å²) in [6.07, 6.45) is 7.63. The Bertz CT molecular complexity index is 642. The van der Waals surface area contributed by atoms with Crippen LogP contribution in [0.4, 0.5) is 0 Å². The van der Waals surface area contributed by atoms with Gasteiger partial charge in [-0.05, 0) is 38.8 Å². The standard InChI is InChI=1S/C15H23N7O/c1-2-21-11-17-7-13(21)8-18-15(23)14-10-22(20-19-14)9-12-4-3-5-16-6-12/h7,10-12,16H,2-6,8-9H2,1H3,(H,18,23). The van der Waals surface area contributed by atoms with Crippen LogP contribution in [0.1, 0.15) is 35.9 Å². The van der Waals surface area contributed by atoms with E-state index in [9.17, 15) is 4.79 Å². The first-order valence-electron chi connectivity index (χ1n) is 8.14. The second kappa shape index (κ2) is 7.36. The quantitative estimate of drug-likeness (QED) is 0.806. The lowest BCUT2D eigenvalue weighted by Gasteiger charge is -2.22. The molecule has 2 aromatic rings. The van der Waals surface area contributed by atoms with Gasteiger partial charge in [0.2, 0.25) is 0 Å². The van der Waals surface area contributed by atoms with E-state index in [0.29, 0.717) is 18.2 Å². The summed E-state index contributed by atoms with van der Waals surface area (Å²) in [7, 11) is 0. The molecule has 0 bridgehead atoms. The zero-order valence-corrected chi connectivity index (χ0v) is 13.4. The monoisotopic (exact) mass is 317 g/mol. The van der Waals surface area contributed by atoms with Crippen molar-refractivity contribution in [3.8, 4) is 0 Å². The molecule has 2 N–H and O–H groups in total. The number of rotatable bonds is 6. The predicted molar refractivity (Wildman–Crippen MR) is 84.7 cm³/mol. The maximum absolute atomic E-state index is 12.2. The lowest BCUT2D eigenvalue weighted by Crippen LogP contribution is -2.32. The van der Waals surface area contributed by atoms with Crippen LogP contribution in [0.25, 0.3) is 0 Å². The molecule has 3 rings (SSSR count). The smallest absolute Gasteiger partial charge is 0.273 e. The van der Waals surface area contributed by atoms with Gasteiger partial charge in [0.15, 0.2) is 5.69 Å². The Hall–Kier alpha value is -2.22. The normalized spacial score (nSPS) is 18.0. The molecule has 124 valence electrons. The number of nitrogens with one attached hydrogen (secondary N) is 2. The third kappa shape index (κ3) is 3.95. The number of nitrogens with zero attached hydrogens (tertiary/aromatic N) is 5. The van der Waals surface area contributed by atoms with Crippen molar-refractivity contribution < 1.29 is 4.79 Å². The number of aromatic nitrogens is 5. The van der Waals surface area contributed by atoms with Gasteiger partial charge in [0.05, 0.1) is 24.8 Å². The van der Waals surface area contributed by atoms with E-state index < -0.39 is 0 Å². The minimum atomic E-state index is -0.207. The van der Waals surface area contributed by atoms with Crippen molar-refractivity contribution in [2.75, 3.05) is 13.1 Å². The highest BCUT2D eigenvalue weighted by Crippen LogP contribution is 2.12. The van der Waals surface area contributed by atoms with Crippen LogP contribution in [0.5, 0.6) is 0 Å². The number of hydrogen-bond donors (Lipinski definition) is 2. The van der Waals surface area contributed by atoms with Crippen LogP contribution in [0.15, 0.2) is 18.7 Å². The molecule has 8 nitrogen and oxygen atoms in total. The highest BCUT2D eigenvalue weighted by molar-refractivity contribution is 5.91. The van der Waals surface area contributed by atoms with Crippen LogP contribution in [0.2, 0.25) is 0 Å². The Balaban J connectivity index is 1.53. The van der Waals surface area contributed by atoms with Crippen LogP contribution in [0.3, 0.4) is 0 Å². The van der Waals surface area contributed by atoms with E-state index in [1.165, 1.54) is 12.8 Å². The molecule has 0 aromatic carbocycles. The summed E-state index contributed by atoms with van der Waals surface area (Å²) >= 11 is 0. The zero-order valence-electron chi connectivity index (χ0n) is 13.4. The molecule has 1 atom stereocenters. The van der Waals surface area contributed by atoms with E-state index >= 15 is 0 Å². The fourth-order valence-electron chi connectivity index (χ4n) is 2.88. The van der Waals surface area contributed by atoms with Crippen LogP contribution < -0.4 is 10.6 Å². The fourth-order valence-corrected chi connectivity index (χ4v) is 2.88. The summed E-state index contributed by atoms with van der Waals surface area (Å²) in [5.41, 5.74) is 1.33. The van der Waals surface area contributed by atoms with E-state index in [1.54, 1.807) is 23.4 Å². The molecule has 1 aliphatic heterocycles. The fraction of sp³-hybridized carbons (Fsp3) is 0.600. The van der Waals surface area contributed by atoms with Crippen molar-refractivity contribution in [2.45, 2.75) is 39.4 Å². The number of carbonyl (C=O) groups excluding carboxylic acids is 1. The van der Waals surface area contributed by atoms with E-state index in [4.69, 9.17) is 0 Å². The Morgan fingerprint density at radius 3 is 3.22 bits per heavy atom. The Labute approximate surface area is 135 Å². The van der Waals surface area contributed by atoms with Gasteiger partial charge in [-0.25, -0.2) is 4.98 Å². The molecule has 1 aliphatic rings. The number of imidazole rings is 1. The van der Waals surface area contributed by atoms with Gasteiger partial charge in [0.25, 0.3) is 5.91 Å². The van der Waals surface area contributed by atoms with Gasteiger partial charge in [-0.3, -0.25) is 9.48 Å². The van der Waals surface area contributed by atoms with Gasteiger partial charge in [-0.15, -0.1) is 5.10 Å². The summed E-state index contributed by atoms with van der Waals surface area (Å²) < 4.78 is 3.76. The van der Waals surface area contributed by atoms with Crippen LogP contribution in [0, 0.1) is 5.92 Å². The Morgan fingerprint density at radius 2 is 2.43 bits per heavy atom. The SMILES string of the molecule is CCn1cncc1CNC(=O)c1cn(CC2CCCNC2)nn1. The van der Waals surface area contributed by atoms with Gasteiger partial charge in [0.1, 0.15) is 0 Å². The van der Waals surface area contributed by atoms with Crippen molar-refractivity contribution in [3.05, 3.63) is 30.1 Å². The van der Waals surface area contributed by atoms with Crippen molar-refractivity contribution in [3.63, 3.8) is 0 Å². The van der Waals surface area contributed by atoms with Gasteiger partial charge in [-0.1, -0.05) is 5.21 Å². The van der Waals surface area contributed by atoms with Crippen LogP contribution >= 0.6 is 0 Å². The van der Waals surface area contributed by atoms with E-state index in [0.717, 1.165) is 31.9 Å². The first-order valence-corrected chi connectivity index (χ1v) is 8.14. The van der Waals surface area contributed by atoms with Gasteiger partial charge >= 0.3 is 0 Å².